The predicted molar refractivity (Wildman–Crippen MR) is 63.7 cm³/mol. The highest BCUT2D eigenvalue weighted by molar-refractivity contribution is 6.21. The van der Waals surface area contributed by atoms with E-state index in [1.54, 1.807) is 0 Å². The van der Waals surface area contributed by atoms with E-state index in [0.717, 1.165) is 23.1 Å². The number of amides is 2. The summed E-state index contributed by atoms with van der Waals surface area (Å²) in [7, 11) is 0. The second-order valence-corrected chi connectivity index (χ2v) is 4.67. The van der Waals surface area contributed by atoms with Gasteiger partial charge in [0.05, 0.1) is 11.3 Å². The number of anilines is 1. The van der Waals surface area contributed by atoms with Crippen LogP contribution in [0.2, 0.25) is 0 Å². The van der Waals surface area contributed by atoms with Crippen LogP contribution in [0.5, 0.6) is 0 Å². The van der Waals surface area contributed by atoms with E-state index >= 15 is 0 Å². The van der Waals surface area contributed by atoms with Crippen molar-refractivity contribution in [2.75, 3.05) is 4.90 Å². The molecule has 2 bridgehead atoms. The molecule has 2 aliphatic rings. The molecule has 0 aliphatic carbocycles. The highest BCUT2D eigenvalue weighted by Gasteiger charge is 2.47. The SMILES string of the molecule is O=C(O)c1cc(F)ccc1N1C(=O)C2CCC(O2)C1=O. The first-order valence-corrected chi connectivity index (χ1v) is 6.05. The number of aromatic carboxylic acids is 1. The van der Waals surface area contributed by atoms with Gasteiger partial charge in [-0.15, -0.1) is 0 Å². The van der Waals surface area contributed by atoms with E-state index in [9.17, 15) is 18.8 Å². The standard InChI is InChI=1S/C13H10FNO5/c14-6-1-2-8(7(5-6)13(18)19)15-11(16)9-3-4-10(20-9)12(15)17/h1-2,5,9-10H,3-4H2,(H,18,19). The van der Waals surface area contributed by atoms with E-state index in [4.69, 9.17) is 9.84 Å². The van der Waals surface area contributed by atoms with Gasteiger partial charge >= 0.3 is 5.97 Å². The van der Waals surface area contributed by atoms with Crippen molar-refractivity contribution in [2.45, 2.75) is 25.0 Å². The van der Waals surface area contributed by atoms with Crippen LogP contribution >= 0.6 is 0 Å². The number of hydrogen-bond donors (Lipinski definition) is 1. The fourth-order valence-electron chi connectivity index (χ4n) is 2.51. The number of fused-ring (bicyclic) bond motifs is 2. The van der Waals surface area contributed by atoms with Crippen molar-refractivity contribution in [3.8, 4) is 0 Å². The van der Waals surface area contributed by atoms with Gasteiger partial charge in [0.25, 0.3) is 11.8 Å². The number of rotatable bonds is 2. The Morgan fingerprint density at radius 1 is 1.25 bits per heavy atom. The number of carboxylic acid groups (broad SMARTS) is 1. The maximum absolute atomic E-state index is 13.2. The monoisotopic (exact) mass is 279 g/mol. The van der Waals surface area contributed by atoms with Crippen LogP contribution in [0.15, 0.2) is 18.2 Å². The van der Waals surface area contributed by atoms with Crippen molar-refractivity contribution in [1.29, 1.82) is 0 Å². The van der Waals surface area contributed by atoms with Crippen LogP contribution in [0.3, 0.4) is 0 Å². The predicted octanol–water partition coefficient (Wildman–Crippen LogP) is 0.945. The van der Waals surface area contributed by atoms with Gasteiger partial charge in [-0.05, 0) is 31.0 Å². The third kappa shape index (κ3) is 1.78. The second kappa shape index (κ2) is 4.38. The Morgan fingerprint density at radius 3 is 2.40 bits per heavy atom. The van der Waals surface area contributed by atoms with Crippen LogP contribution in [-0.2, 0) is 14.3 Å². The summed E-state index contributed by atoms with van der Waals surface area (Å²) < 4.78 is 18.4. The average molecular weight is 279 g/mol. The van der Waals surface area contributed by atoms with E-state index in [1.807, 2.05) is 0 Å². The number of halogens is 1. The van der Waals surface area contributed by atoms with E-state index in [2.05, 4.69) is 0 Å². The molecule has 7 heteroatoms. The third-order valence-electron chi connectivity index (χ3n) is 3.44. The van der Waals surface area contributed by atoms with Crippen LogP contribution in [0.1, 0.15) is 23.2 Å². The Labute approximate surface area is 112 Å². The van der Waals surface area contributed by atoms with Crippen molar-refractivity contribution in [3.63, 3.8) is 0 Å². The van der Waals surface area contributed by atoms with Gasteiger partial charge < -0.3 is 9.84 Å². The number of morpholine rings is 1. The van der Waals surface area contributed by atoms with Gasteiger partial charge in [0.1, 0.15) is 18.0 Å². The molecule has 0 saturated carbocycles. The fraction of sp³-hybridized carbons (Fsp3) is 0.308. The minimum absolute atomic E-state index is 0.117. The second-order valence-electron chi connectivity index (χ2n) is 4.67. The maximum Gasteiger partial charge on any atom is 0.337 e. The molecular formula is C13H10FNO5. The molecular weight excluding hydrogens is 269 g/mol. The number of ether oxygens (including phenoxy) is 1. The molecule has 1 aromatic carbocycles. The summed E-state index contributed by atoms with van der Waals surface area (Å²) >= 11 is 0. The highest BCUT2D eigenvalue weighted by Crippen LogP contribution is 2.33. The van der Waals surface area contributed by atoms with Crippen LogP contribution in [0, 0.1) is 5.82 Å². The molecule has 2 saturated heterocycles. The molecule has 104 valence electrons. The summed E-state index contributed by atoms with van der Waals surface area (Å²) in [5.74, 6) is -3.35. The number of carboxylic acids is 1. The lowest BCUT2D eigenvalue weighted by Gasteiger charge is -2.30. The minimum Gasteiger partial charge on any atom is -0.478 e. The molecule has 2 aliphatic heterocycles. The Hall–Kier alpha value is -2.28. The Balaban J connectivity index is 2.10. The number of carbonyl (C=O) groups is 3. The van der Waals surface area contributed by atoms with Crippen LogP contribution in [0.25, 0.3) is 0 Å². The fourth-order valence-corrected chi connectivity index (χ4v) is 2.51. The largest absolute Gasteiger partial charge is 0.478 e. The Kier molecular flexibility index (Phi) is 2.79. The molecule has 1 N–H and O–H groups in total. The molecule has 2 atom stereocenters. The molecule has 2 fully saturated rings. The Morgan fingerprint density at radius 2 is 1.85 bits per heavy atom. The third-order valence-corrected chi connectivity index (χ3v) is 3.44. The van der Waals surface area contributed by atoms with Gasteiger partial charge in [-0.1, -0.05) is 0 Å². The summed E-state index contributed by atoms with van der Waals surface area (Å²) in [5.41, 5.74) is -0.540. The average Bonchev–Trinajstić information content (AvgIpc) is 2.85. The van der Waals surface area contributed by atoms with Crippen molar-refractivity contribution >= 4 is 23.5 Å². The summed E-state index contributed by atoms with van der Waals surface area (Å²) in [6.45, 7) is 0. The van der Waals surface area contributed by atoms with Gasteiger partial charge in [0.15, 0.2) is 0 Å². The lowest BCUT2D eigenvalue weighted by Crippen LogP contribution is -2.52. The smallest absolute Gasteiger partial charge is 0.337 e. The molecule has 0 radical (unpaired) electrons. The number of carbonyl (C=O) groups excluding carboxylic acids is 2. The van der Waals surface area contributed by atoms with E-state index in [1.165, 1.54) is 0 Å². The van der Waals surface area contributed by atoms with Gasteiger partial charge in [0, 0.05) is 0 Å². The summed E-state index contributed by atoms with van der Waals surface area (Å²) in [4.78, 5) is 36.3. The first-order valence-electron chi connectivity index (χ1n) is 6.05. The molecule has 2 amide bonds. The normalized spacial score (nSPS) is 25.1. The van der Waals surface area contributed by atoms with Crippen LogP contribution in [0.4, 0.5) is 10.1 Å². The van der Waals surface area contributed by atoms with Gasteiger partial charge in [-0.2, -0.15) is 0 Å². The number of imide groups is 1. The first kappa shape index (κ1) is 12.7. The molecule has 2 unspecified atom stereocenters. The minimum atomic E-state index is -1.40. The first-order chi connectivity index (χ1) is 9.49. The zero-order chi connectivity index (χ0) is 14.4. The van der Waals surface area contributed by atoms with Crippen LogP contribution in [-0.4, -0.2) is 35.1 Å². The molecule has 0 spiro atoms. The quantitative estimate of drug-likeness (QED) is 0.815. The zero-order valence-electron chi connectivity index (χ0n) is 10.2. The van der Waals surface area contributed by atoms with E-state index in [0.29, 0.717) is 12.8 Å². The summed E-state index contributed by atoms with van der Waals surface area (Å²) in [6, 6.07) is 2.93. The van der Waals surface area contributed by atoms with Gasteiger partial charge in [-0.25, -0.2) is 14.1 Å². The van der Waals surface area contributed by atoms with Crippen molar-refractivity contribution < 1.29 is 28.6 Å². The van der Waals surface area contributed by atoms with Crippen molar-refractivity contribution in [1.82, 2.24) is 0 Å². The van der Waals surface area contributed by atoms with Crippen LogP contribution < -0.4 is 4.90 Å². The highest BCUT2D eigenvalue weighted by atomic mass is 19.1. The van der Waals surface area contributed by atoms with Crippen molar-refractivity contribution in [3.05, 3.63) is 29.6 Å². The van der Waals surface area contributed by atoms with Crippen molar-refractivity contribution in [2.24, 2.45) is 0 Å². The maximum atomic E-state index is 13.2. The molecule has 3 rings (SSSR count). The van der Waals surface area contributed by atoms with Gasteiger partial charge in [-0.3, -0.25) is 9.59 Å². The van der Waals surface area contributed by atoms with E-state index < -0.39 is 41.4 Å². The Bertz CT molecular complexity index is 607. The summed E-state index contributed by atoms with van der Waals surface area (Å²) in [6.07, 6.45) is -0.612. The topological polar surface area (TPSA) is 83.9 Å². The van der Waals surface area contributed by atoms with E-state index in [-0.39, 0.29) is 5.69 Å². The lowest BCUT2D eigenvalue weighted by atomic mass is 10.1. The molecule has 0 aromatic heterocycles. The van der Waals surface area contributed by atoms with Gasteiger partial charge in [0.2, 0.25) is 0 Å². The molecule has 6 nitrogen and oxygen atoms in total. The zero-order valence-corrected chi connectivity index (χ0v) is 10.2. The summed E-state index contributed by atoms with van der Waals surface area (Å²) in [5, 5.41) is 9.09. The number of benzene rings is 1. The molecule has 2 heterocycles. The molecule has 1 aromatic rings. The number of nitrogens with zero attached hydrogens (tertiary/aromatic N) is 1. The number of hydrogen-bond acceptors (Lipinski definition) is 4. The molecule has 20 heavy (non-hydrogen) atoms. The lowest BCUT2D eigenvalue weighted by molar-refractivity contribution is -0.146.